The molecule has 1 saturated heterocycles. The molecule has 0 bridgehead atoms. The number of carbonyl (C=O) groups excluding carboxylic acids is 2. The molecule has 3 heterocycles. The number of aryl methyl sites for hydroxylation is 1. The monoisotopic (exact) mass is 570 g/mol. The van der Waals surface area contributed by atoms with E-state index in [4.69, 9.17) is 9.72 Å². The van der Waals surface area contributed by atoms with E-state index in [0.29, 0.717) is 49.4 Å². The van der Waals surface area contributed by atoms with Crippen molar-refractivity contribution in [2.75, 3.05) is 26.2 Å². The Bertz CT molecular complexity index is 1600. The van der Waals surface area contributed by atoms with Crippen LogP contribution in [0, 0.1) is 12.7 Å². The maximum Gasteiger partial charge on any atom is 0.410 e. The molecule has 0 spiro atoms. The molecule has 42 heavy (non-hydrogen) atoms. The molecule has 1 fully saturated rings. The average Bonchev–Trinajstić information content (AvgIpc) is 3.29. The number of benzene rings is 2. The first kappa shape index (κ1) is 29.3. The quantitative estimate of drug-likeness (QED) is 0.258. The Labute approximate surface area is 246 Å². The number of ether oxygens (including phenoxy) is 1. The summed E-state index contributed by atoms with van der Waals surface area (Å²) in [4.78, 5) is 35.5. The normalized spacial score (nSPS) is 14.0. The zero-order valence-electron chi connectivity index (χ0n) is 25.1. The number of hydrogen-bond donors (Lipinski definition) is 0. The molecule has 2 aromatic carbocycles. The van der Waals surface area contributed by atoms with Gasteiger partial charge in [-0.25, -0.2) is 14.2 Å². The van der Waals surface area contributed by atoms with Crippen LogP contribution in [0.15, 0.2) is 60.8 Å². The van der Waals surface area contributed by atoms with Crippen molar-refractivity contribution < 1.29 is 18.7 Å². The van der Waals surface area contributed by atoms with Crippen molar-refractivity contribution in [1.29, 1.82) is 0 Å². The van der Waals surface area contributed by atoms with Gasteiger partial charge in [0.15, 0.2) is 0 Å². The lowest BCUT2D eigenvalue weighted by atomic mass is 9.97. The number of para-hydroxylation sites is 1. The highest BCUT2D eigenvalue weighted by molar-refractivity contribution is 6.09. The van der Waals surface area contributed by atoms with E-state index in [2.05, 4.69) is 11.5 Å². The van der Waals surface area contributed by atoms with Crippen LogP contribution >= 0.6 is 0 Å². The van der Waals surface area contributed by atoms with E-state index in [9.17, 15) is 14.0 Å². The fourth-order valence-electron chi connectivity index (χ4n) is 5.65. The molecule has 5 rings (SSSR count). The molecule has 2 aromatic heterocycles. The minimum Gasteiger partial charge on any atom is -0.444 e. The van der Waals surface area contributed by atoms with E-state index in [-0.39, 0.29) is 17.8 Å². The van der Waals surface area contributed by atoms with Gasteiger partial charge in [-0.05, 0) is 75.1 Å². The van der Waals surface area contributed by atoms with Crippen LogP contribution in [0.4, 0.5) is 9.18 Å². The molecular formula is C34H39FN4O3. The van der Waals surface area contributed by atoms with E-state index >= 15 is 0 Å². The SMILES string of the molecule is CCCc1ccnc2c1c(C(=O)N1CCN(C(=O)OC(C)(C)C)CC1)c(Cc1cccc(F)c1C)n2-c1ccccc1. The van der Waals surface area contributed by atoms with E-state index < -0.39 is 5.60 Å². The summed E-state index contributed by atoms with van der Waals surface area (Å²) >= 11 is 0. The van der Waals surface area contributed by atoms with Crippen LogP contribution in [-0.4, -0.2) is 63.1 Å². The predicted molar refractivity (Wildman–Crippen MR) is 163 cm³/mol. The second-order valence-corrected chi connectivity index (χ2v) is 11.9. The fraction of sp³-hybridized carbons (Fsp3) is 0.382. The summed E-state index contributed by atoms with van der Waals surface area (Å²) < 4.78 is 22.3. The van der Waals surface area contributed by atoms with Gasteiger partial charge in [0.1, 0.15) is 17.1 Å². The molecule has 0 radical (unpaired) electrons. The molecule has 0 aliphatic carbocycles. The van der Waals surface area contributed by atoms with Crippen LogP contribution in [0.1, 0.15) is 66.9 Å². The number of halogens is 1. The molecule has 0 saturated carbocycles. The number of fused-ring (bicyclic) bond motifs is 1. The lowest BCUT2D eigenvalue weighted by molar-refractivity contribution is 0.0141. The summed E-state index contributed by atoms with van der Waals surface area (Å²) in [7, 11) is 0. The van der Waals surface area contributed by atoms with Gasteiger partial charge in [-0.3, -0.25) is 9.36 Å². The summed E-state index contributed by atoms with van der Waals surface area (Å²) in [6.45, 7) is 11.0. The van der Waals surface area contributed by atoms with Crippen molar-refractivity contribution in [3.63, 3.8) is 0 Å². The summed E-state index contributed by atoms with van der Waals surface area (Å²) in [6.07, 6.45) is 3.50. The Morgan fingerprint density at radius 2 is 1.62 bits per heavy atom. The minimum absolute atomic E-state index is 0.104. The lowest BCUT2D eigenvalue weighted by Crippen LogP contribution is -2.51. The molecule has 0 N–H and O–H groups in total. The van der Waals surface area contributed by atoms with Crippen molar-refractivity contribution in [1.82, 2.24) is 19.4 Å². The molecule has 0 unspecified atom stereocenters. The molecule has 220 valence electrons. The number of aromatic nitrogens is 2. The maximum atomic E-state index is 14.7. The zero-order chi connectivity index (χ0) is 30.0. The third-order valence-electron chi connectivity index (χ3n) is 7.74. The first-order valence-corrected chi connectivity index (χ1v) is 14.7. The third kappa shape index (κ3) is 5.89. The van der Waals surface area contributed by atoms with Crippen molar-refractivity contribution in [3.05, 3.63) is 94.6 Å². The van der Waals surface area contributed by atoms with E-state index in [1.54, 1.807) is 24.1 Å². The number of nitrogens with zero attached hydrogens (tertiary/aromatic N) is 4. The third-order valence-corrected chi connectivity index (χ3v) is 7.74. The fourth-order valence-corrected chi connectivity index (χ4v) is 5.65. The molecule has 8 heteroatoms. The van der Waals surface area contributed by atoms with Gasteiger partial charge < -0.3 is 14.5 Å². The highest BCUT2D eigenvalue weighted by Crippen LogP contribution is 2.35. The maximum absolute atomic E-state index is 14.7. The Balaban J connectivity index is 1.63. The van der Waals surface area contributed by atoms with Gasteiger partial charge in [0.2, 0.25) is 0 Å². The van der Waals surface area contributed by atoms with Crippen LogP contribution in [0.25, 0.3) is 16.7 Å². The molecule has 4 aromatic rings. The standard InChI is InChI=1S/C34H39FN4O3/c1-6-11-24-16-17-36-31-29(24)30(32(40)37-18-20-38(21-19-37)33(41)42-34(3,4)5)28(39(31)26-13-8-7-9-14-26)22-25-12-10-15-27(35)23(25)2/h7-10,12-17H,6,11,18-22H2,1-5H3. The summed E-state index contributed by atoms with van der Waals surface area (Å²) in [5.74, 6) is -0.376. The van der Waals surface area contributed by atoms with Crippen LogP contribution in [-0.2, 0) is 17.6 Å². The highest BCUT2D eigenvalue weighted by atomic mass is 19.1. The molecule has 2 amide bonds. The van der Waals surface area contributed by atoms with E-state index in [0.717, 1.165) is 40.7 Å². The molecular weight excluding hydrogens is 531 g/mol. The van der Waals surface area contributed by atoms with Gasteiger partial charge in [-0.1, -0.05) is 43.7 Å². The average molecular weight is 571 g/mol. The second-order valence-electron chi connectivity index (χ2n) is 11.9. The van der Waals surface area contributed by atoms with Gasteiger partial charge >= 0.3 is 6.09 Å². The van der Waals surface area contributed by atoms with Crippen molar-refractivity contribution in [2.24, 2.45) is 0 Å². The first-order valence-electron chi connectivity index (χ1n) is 14.7. The minimum atomic E-state index is -0.587. The number of piperazine rings is 1. The zero-order valence-corrected chi connectivity index (χ0v) is 25.1. The topological polar surface area (TPSA) is 67.7 Å². The van der Waals surface area contributed by atoms with Crippen molar-refractivity contribution in [2.45, 2.75) is 59.5 Å². The number of hydrogen-bond acceptors (Lipinski definition) is 4. The van der Waals surface area contributed by atoms with Crippen LogP contribution < -0.4 is 0 Å². The second kappa shape index (κ2) is 12.0. The first-order chi connectivity index (χ1) is 20.1. The van der Waals surface area contributed by atoms with E-state index in [1.165, 1.54) is 6.07 Å². The van der Waals surface area contributed by atoms with Crippen molar-refractivity contribution >= 4 is 23.0 Å². The molecule has 7 nitrogen and oxygen atoms in total. The molecule has 0 atom stereocenters. The van der Waals surface area contributed by atoms with Gasteiger partial charge in [0.05, 0.1) is 5.56 Å². The van der Waals surface area contributed by atoms with Crippen LogP contribution in [0.2, 0.25) is 0 Å². The largest absolute Gasteiger partial charge is 0.444 e. The van der Waals surface area contributed by atoms with Crippen molar-refractivity contribution in [3.8, 4) is 5.69 Å². The Morgan fingerprint density at radius 3 is 2.29 bits per heavy atom. The molecule has 1 aliphatic rings. The number of rotatable bonds is 6. The predicted octanol–water partition coefficient (Wildman–Crippen LogP) is 6.71. The Morgan fingerprint density at radius 1 is 0.929 bits per heavy atom. The van der Waals surface area contributed by atoms with Gasteiger partial charge in [-0.2, -0.15) is 0 Å². The Kier molecular flexibility index (Phi) is 8.34. The van der Waals surface area contributed by atoms with Gasteiger partial charge in [-0.15, -0.1) is 0 Å². The summed E-state index contributed by atoms with van der Waals surface area (Å²) in [5.41, 5.74) is 4.83. The number of pyridine rings is 1. The van der Waals surface area contributed by atoms with E-state index in [1.807, 2.05) is 68.1 Å². The van der Waals surface area contributed by atoms with Gasteiger partial charge in [0.25, 0.3) is 5.91 Å². The number of amides is 2. The van der Waals surface area contributed by atoms with Crippen LogP contribution in [0.3, 0.4) is 0 Å². The Hall–Kier alpha value is -4.20. The smallest absolute Gasteiger partial charge is 0.410 e. The molecule has 1 aliphatic heterocycles. The summed E-state index contributed by atoms with van der Waals surface area (Å²) in [5, 5.41) is 0.840. The number of carbonyl (C=O) groups is 2. The summed E-state index contributed by atoms with van der Waals surface area (Å²) in [6, 6.07) is 17.0. The lowest BCUT2D eigenvalue weighted by Gasteiger charge is -2.35. The van der Waals surface area contributed by atoms with Gasteiger partial charge in [0, 0.05) is 55.6 Å². The highest BCUT2D eigenvalue weighted by Gasteiger charge is 2.33. The van der Waals surface area contributed by atoms with Crippen LogP contribution in [0.5, 0.6) is 0 Å².